The van der Waals surface area contributed by atoms with Crippen LogP contribution in [0.3, 0.4) is 0 Å². The zero-order chi connectivity index (χ0) is 21.3. The molecule has 1 heterocycles. The number of rotatable bonds is 10. The van der Waals surface area contributed by atoms with Gasteiger partial charge in [-0.1, -0.05) is 35.5 Å². The van der Waals surface area contributed by atoms with E-state index in [-0.39, 0.29) is 11.7 Å². The van der Waals surface area contributed by atoms with E-state index < -0.39 is 0 Å². The van der Waals surface area contributed by atoms with Gasteiger partial charge in [-0.25, -0.2) is 0 Å². The molecule has 9 heteroatoms. The lowest BCUT2D eigenvalue weighted by molar-refractivity contribution is -0.127. The molecule has 0 unspecified atom stereocenters. The van der Waals surface area contributed by atoms with Crippen molar-refractivity contribution in [1.82, 2.24) is 15.1 Å². The Morgan fingerprint density at radius 2 is 1.90 bits per heavy atom. The van der Waals surface area contributed by atoms with E-state index in [1.807, 2.05) is 31.2 Å². The molecule has 2 aromatic carbocycles. The predicted molar refractivity (Wildman–Crippen MR) is 116 cm³/mol. The summed E-state index contributed by atoms with van der Waals surface area (Å²) in [5.74, 6) is 1.87. The van der Waals surface area contributed by atoms with Crippen LogP contribution in [0, 0.1) is 0 Å². The van der Waals surface area contributed by atoms with Crippen molar-refractivity contribution >= 4 is 29.3 Å². The molecule has 1 aromatic heterocycles. The molecule has 0 radical (unpaired) electrons. The fraction of sp³-hybridized carbons (Fsp3) is 0.286. The molecule has 0 N–H and O–H groups in total. The van der Waals surface area contributed by atoms with Gasteiger partial charge in [0, 0.05) is 12.1 Å². The number of thioether (sulfide) groups is 1. The van der Waals surface area contributed by atoms with Crippen molar-refractivity contribution in [2.45, 2.75) is 12.1 Å². The highest BCUT2D eigenvalue weighted by atomic mass is 35.5. The van der Waals surface area contributed by atoms with E-state index in [1.165, 1.54) is 11.8 Å². The molecule has 0 atom stereocenters. The van der Waals surface area contributed by atoms with Gasteiger partial charge >= 0.3 is 0 Å². The van der Waals surface area contributed by atoms with Gasteiger partial charge in [-0.15, -0.1) is 10.2 Å². The first kappa shape index (κ1) is 22.0. The molecule has 7 nitrogen and oxygen atoms in total. The van der Waals surface area contributed by atoms with Gasteiger partial charge in [0.05, 0.1) is 24.5 Å². The number of halogens is 1. The predicted octanol–water partition coefficient (Wildman–Crippen LogP) is 4.42. The SMILES string of the molecule is CCOc1ccccc1-c1nnc(SCC(=O)N(C)CCOc2ccc(Cl)cc2)o1. The van der Waals surface area contributed by atoms with Gasteiger partial charge in [-0.05, 0) is 43.3 Å². The van der Waals surface area contributed by atoms with Crippen LogP contribution in [0.4, 0.5) is 0 Å². The third-order valence-corrected chi connectivity index (χ3v) is 5.13. The Morgan fingerprint density at radius 1 is 1.13 bits per heavy atom. The van der Waals surface area contributed by atoms with Crippen LogP contribution in [0.5, 0.6) is 11.5 Å². The molecule has 0 spiro atoms. The molecular weight excluding hydrogens is 426 g/mol. The second-order valence-electron chi connectivity index (χ2n) is 6.21. The minimum atomic E-state index is -0.0610. The van der Waals surface area contributed by atoms with Crippen LogP contribution in [0.25, 0.3) is 11.5 Å². The van der Waals surface area contributed by atoms with Crippen molar-refractivity contribution in [1.29, 1.82) is 0 Å². The van der Waals surface area contributed by atoms with Gasteiger partial charge in [0.2, 0.25) is 5.91 Å². The number of hydrogen-bond acceptors (Lipinski definition) is 7. The molecule has 0 fully saturated rings. The fourth-order valence-corrected chi connectivity index (χ4v) is 3.32. The minimum Gasteiger partial charge on any atom is -0.493 e. The van der Waals surface area contributed by atoms with Crippen molar-refractivity contribution in [3.05, 3.63) is 53.6 Å². The summed E-state index contributed by atoms with van der Waals surface area (Å²) in [6, 6.07) is 14.5. The molecule has 0 saturated heterocycles. The van der Waals surface area contributed by atoms with Gasteiger partial charge in [0.25, 0.3) is 11.1 Å². The van der Waals surface area contributed by atoms with E-state index in [4.69, 9.17) is 25.5 Å². The molecule has 0 aliphatic rings. The highest BCUT2D eigenvalue weighted by Crippen LogP contribution is 2.30. The molecule has 3 rings (SSSR count). The molecule has 158 valence electrons. The molecule has 0 saturated carbocycles. The topological polar surface area (TPSA) is 77.7 Å². The third-order valence-electron chi connectivity index (χ3n) is 4.08. The monoisotopic (exact) mass is 447 g/mol. The number of amides is 1. The maximum Gasteiger partial charge on any atom is 0.277 e. The highest BCUT2D eigenvalue weighted by molar-refractivity contribution is 7.99. The Morgan fingerprint density at radius 3 is 2.67 bits per heavy atom. The van der Waals surface area contributed by atoms with E-state index in [2.05, 4.69) is 10.2 Å². The second kappa shape index (κ2) is 10.9. The van der Waals surface area contributed by atoms with Crippen LogP contribution < -0.4 is 9.47 Å². The first-order valence-corrected chi connectivity index (χ1v) is 10.7. The summed E-state index contributed by atoms with van der Waals surface area (Å²) in [6.07, 6.45) is 0. The lowest BCUT2D eigenvalue weighted by atomic mass is 10.2. The lowest BCUT2D eigenvalue weighted by Gasteiger charge is -2.16. The summed E-state index contributed by atoms with van der Waals surface area (Å²) >= 11 is 7.04. The number of carbonyl (C=O) groups is 1. The van der Waals surface area contributed by atoms with Crippen LogP contribution in [0.1, 0.15) is 6.92 Å². The molecule has 1 amide bonds. The second-order valence-corrected chi connectivity index (χ2v) is 7.57. The zero-order valence-corrected chi connectivity index (χ0v) is 18.3. The van der Waals surface area contributed by atoms with Crippen LogP contribution in [0.15, 0.2) is 58.2 Å². The maximum absolute atomic E-state index is 12.3. The average molecular weight is 448 g/mol. The maximum atomic E-state index is 12.3. The van der Waals surface area contributed by atoms with Crippen LogP contribution >= 0.6 is 23.4 Å². The number of aromatic nitrogens is 2. The van der Waals surface area contributed by atoms with Gasteiger partial charge in [-0.2, -0.15) is 0 Å². The Kier molecular flexibility index (Phi) is 7.98. The first-order valence-electron chi connectivity index (χ1n) is 9.37. The zero-order valence-electron chi connectivity index (χ0n) is 16.7. The van der Waals surface area contributed by atoms with Gasteiger partial charge in [0.1, 0.15) is 18.1 Å². The number of benzene rings is 2. The molecular formula is C21H22ClN3O4S. The molecule has 30 heavy (non-hydrogen) atoms. The number of likely N-dealkylation sites (N-methyl/N-ethyl adjacent to an activating group) is 1. The van der Waals surface area contributed by atoms with E-state index in [0.717, 1.165) is 5.56 Å². The van der Waals surface area contributed by atoms with E-state index in [0.29, 0.717) is 47.4 Å². The van der Waals surface area contributed by atoms with Gasteiger partial charge in [-0.3, -0.25) is 4.79 Å². The van der Waals surface area contributed by atoms with Crippen LogP contribution in [-0.4, -0.2) is 53.6 Å². The number of hydrogen-bond donors (Lipinski definition) is 0. The third kappa shape index (κ3) is 6.14. The van der Waals surface area contributed by atoms with Crippen molar-refractivity contribution in [2.75, 3.05) is 32.6 Å². The van der Waals surface area contributed by atoms with Crippen LogP contribution in [-0.2, 0) is 4.79 Å². The van der Waals surface area contributed by atoms with Gasteiger partial charge < -0.3 is 18.8 Å². The molecule has 0 aliphatic carbocycles. The minimum absolute atomic E-state index is 0.0610. The van der Waals surface area contributed by atoms with E-state index in [1.54, 1.807) is 36.2 Å². The summed E-state index contributed by atoms with van der Waals surface area (Å²) in [7, 11) is 1.73. The number of ether oxygens (including phenoxy) is 2. The van der Waals surface area contributed by atoms with E-state index >= 15 is 0 Å². The lowest BCUT2D eigenvalue weighted by Crippen LogP contribution is -2.32. The quantitative estimate of drug-likeness (QED) is 0.426. The normalized spacial score (nSPS) is 10.6. The summed E-state index contributed by atoms with van der Waals surface area (Å²) < 4.78 is 16.9. The van der Waals surface area contributed by atoms with E-state index in [9.17, 15) is 4.79 Å². The van der Waals surface area contributed by atoms with Crippen molar-refractivity contribution in [2.24, 2.45) is 0 Å². The molecule has 3 aromatic rings. The Bertz CT molecular complexity index is 965. The Hall–Kier alpha value is -2.71. The summed E-state index contributed by atoms with van der Waals surface area (Å²) in [6.45, 7) is 3.29. The van der Waals surface area contributed by atoms with Crippen LogP contribution in [0.2, 0.25) is 5.02 Å². The largest absolute Gasteiger partial charge is 0.493 e. The smallest absolute Gasteiger partial charge is 0.277 e. The Balaban J connectivity index is 1.47. The molecule has 0 bridgehead atoms. The fourth-order valence-electron chi connectivity index (χ4n) is 2.49. The van der Waals surface area contributed by atoms with Gasteiger partial charge in [0.15, 0.2) is 0 Å². The summed E-state index contributed by atoms with van der Waals surface area (Å²) in [5.41, 5.74) is 0.724. The standard InChI is InChI=1S/C21H22ClN3O4S/c1-3-27-18-7-5-4-6-17(18)20-23-24-21(29-20)30-14-19(26)25(2)12-13-28-16-10-8-15(22)9-11-16/h4-11H,3,12-14H2,1-2H3. The first-order chi connectivity index (χ1) is 14.6. The average Bonchev–Trinajstić information content (AvgIpc) is 3.23. The summed E-state index contributed by atoms with van der Waals surface area (Å²) in [4.78, 5) is 13.9. The number of para-hydroxylation sites is 1. The van der Waals surface area contributed by atoms with Crippen molar-refractivity contribution in [3.63, 3.8) is 0 Å². The molecule has 0 aliphatic heterocycles. The highest BCUT2D eigenvalue weighted by Gasteiger charge is 2.16. The summed E-state index contributed by atoms with van der Waals surface area (Å²) in [5, 5.41) is 9.07. The van der Waals surface area contributed by atoms with Crippen molar-refractivity contribution in [3.8, 4) is 23.0 Å². The van der Waals surface area contributed by atoms with Crippen molar-refractivity contribution < 1.29 is 18.7 Å². The number of carbonyl (C=O) groups excluding carboxylic acids is 1. The number of nitrogens with zero attached hydrogens (tertiary/aromatic N) is 3. The Labute approximate surface area is 184 Å².